The van der Waals surface area contributed by atoms with Crippen LogP contribution in [0.3, 0.4) is 0 Å². The van der Waals surface area contributed by atoms with Gasteiger partial charge in [0.25, 0.3) is 0 Å². The van der Waals surface area contributed by atoms with E-state index in [0.717, 1.165) is 12.8 Å². The molecule has 15 heavy (non-hydrogen) atoms. The molecule has 0 saturated heterocycles. The second-order valence-corrected chi connectivity index (χ2v) is 4.82. The minimum atomic E-state index is -0.116. The van der Waals surface area contributed by atoms with Gasteiger partial charge in [-0.25, -0.2) is 0 Å². The summed E-state index contributed by atoms with van der Waals surface area (Å²) in [6.07, 6.45) is 7.56. The summed E-state index contributed by atoms with van der Waals surface area (Å²) >= 11 is 0. The average Bonchev–Trinajstić information content (AvgIpc) is 2.44. The molecule has 0 amide bonds. The van der Waals surface area contributed by atoms with Crippen LogP contribution in [-0.2, 0) is 9.53 Å². The molecule has 2 N–H and O–H groups in total. The number of nitrogens with two attached hydrogens (primary N) is 1. The predicted octanol–water partition coefficient (Wildman–Crippen LogP) is 2.24. The third-order valence-electron chi connectivity index (χ3n) is 3.79. The average molecular weight is 213 g/mol. The lowest BCUT2D eigenvalue weighted by atomic mass is 9.72. The molecule has 88 valence electrons. The van der Waals surface area contributed by atoms with Crippen LogP contribution in [0.5, 0.6) is 0 Å². The van der Waals surface area contributed by atoms with Crippen LogP contribution in [0.15, 0.2) is 0 Å². The molecular weight excluding hydrogens is 190 g/mol. The van der Waals surface area contributed by atoms with Gasteiger partial charge in [-0.15, -0.1) is 0 Å². The van der Waals surface area contributed by atoms with E-state index in [1.165, 1.54) is 32.8 Å². The summed E-state index contributed by atoms with van der Waals surface area (Å²) in [6, 6.07) is 0.0784. The van der Waals surface area contributed by atoms with Crippen LogP contribution < -0.4 is 5.73 Å². The van der Waals surface area contributed by atoms with E-state index in [4.69, 9.17) is 10.5 Å². The molecule has 3 nitrogen and oxygen atoms in total. The normalized spacial score (nSPS) is 22.9. The summed E-state index contributed by atoms with van der Waals surface area (Å²) in [5, 5.41) is 0. The zero-order valence-corrected chi connectivity index (χ0v) is 9.92. The monoisotopic (exact) mass is 213 g/mol. The molecule has 0 bridgehead atoms. The SMILES string of the molecule is COC(=O)CC1(C(C)N)CCCCCC1. The van der Waals surface area contributed by atoms with Crippen LogP contribution in [-0.4, -0.2) is 19.1 Å². The van der Waals surface area contributed by atoms with Gasteiger partial charge in [0.2, 0.25) is 0 Å². The second kappa shape index (κ2) is 5.50. The minimum Gasteiger partial charge on any atom is -0.469 e. The molecule has 0 radical (unpaired) electrons. The third-order valence-corrected chi connectivity index (χ3v) is 3.79. The highest BCUT2D eigenvalue weighted by Gasteiger charge is 2.37. The Morgan fingerprint density at radius 2 is 1.87 bits per heavy atom. The lowest BCUT2D eigenvalue weighted by Crippen LogP contribution is -2.41. The molecule has 1 aliphatic rings. The van der Waals surface area contributed by atoms with Crippen molar-refractivity contribution in [2.45, 2.75) is 57.9 Å². The van der Waals surface area contributed by atoms with E-state index in [0.29, 0.717) is 6.42 Å². The van der Waals surface area contributed by atoms with Gasteiger partial charge in [0.05, 0.1) is 13.5 Å². The number of rotatable bonds is 3. The van der Waals surface area contributed by atoms with Gasteiger partial charge in [0, 0.05) is 6.04 Å². The molecule has 3 heteroatoms. The number of carbonyl (C=O) groups is 1. The summed E-state index contributed by atoms with van der Waals surface area (Å²) in [7, 11) is 1.45. The number of carbonyl (C=O) groups excluding carboxylic acids is 1. The van der Waals surface area contributed by atoms with E-state index in [-0.39, 0.29) is 17.4 Å². The number of hydrogen-bond acceptors (Lipinski definition) is 3. The maximum absolute atomic E-state index is 11.4. The first-order valence-electron chi connectivity index (χ1n) is 5.93. The highest BCUT2D eigenvalue weighted by Crippen LogP contribution is 2.40. The Balaban J connectivity index is 2.71. The van der Waals surface area contributed by atoms with Crippen LogP contribution in [0.1, 0.15) is 51.9 Å². The fourth-order valence-corrected chi connectivity index (χ4v) is 2.59. The maximum atomic E-state index is 11.4. The standard InChI is InChI=1S/C12H23NO2/c1-10(13)12(9-11(14)15-2)7-5-3-4-6-8-12/h10H,3-9,13H2,1-2H3. The summed E-state index contributed by atoms with van der Waals surface area (Å²) in [5.41, 5.74) is 6.06. The highest BCUT2D eigenvalue weighted by molar-refractivity contribution is 5.70. The van der Waals surface area contributed by atoms with Crippen LogP contribution >= 0.6 is 0 Å². The minimum absolute atomic E-state index is 0.0103. The third kappa shape index (κ3) is 3.20. The van der Waals surface area contributed by atoms with Gasteiger partial charge in [0.15, 0.2) is 0 Å². The first-order valence-corrected chi connectivity index (χ1v) is 5.93. The molecule has 1 aliphatic carbocycles. The second-order valence-electron chi connectivity index (χ2n) is 4.82. The molecule has 0 aromatic carbocycles. The molecule has 0 aliphatic heterocycles. The fraction of sp³-hybridized carbons (Fsp3) is 0.917. The maximum Gasteiger partial charge on any atom is 0.306 e. The summed E-state index contributed by atoms with van der Waals surface area (Å²) in [5.74, 6) is -0.116. The fourth-order valence-electron chi connectivity index (χ4n) is 2.59. The van der Waals surface area contributed by atoms with Crippen molar-refractivity contribution >= 4 is 5.97 Å². The lowest BCUT2D eigenvalue weighted by molar-refractivity contribution is -0.144. The lowest BCUT2D eigenvalue weighted by Gasteiger charge is -2.35. The van der Waals surface area contributed by atoms with Gasteiger partial charge in [-0.05, 0) is 25.2 Å². The molecule has 1 rings (SSSR count). The topological polar surface area (TPSA) is 52.3 Å². The van der Waals surface area contributed by atoms with Crippen molar-refractivity contribution in [3.63, 3.8) is 0 Å². The molecule has 1 saturated carbocycles. The van der Waals surface area contributed by atoms with E-state index in [1.54, 1.807) is 0 Å². The van der Waals surface area contributed by atoms with Crippen molar-refractivity contribution < 1.29 is 9.53 Å². The quantitative estimate of drug-likeness (QED) is 0.578. The number of ether oxygens (including phenoxy) is 1. The Bertz CT molecular complexity index is 206. The predicted molar refractivity (Wildman–Crippen MR) is 60.4 cm³/mol. The van der Waals surface area contributed by atoms with Gasteiger partial charge < -0.3 is 10.5 Å². The van der Waals surface area contributed by atoms with Gasteiger partial charge in [0.1, 0.15) is 0 Å². The molecule has 1 fully saturated rings. The first-order chi connectivity index (χ1) is 7.10. The van der Waals surface area contributed by atoms with Crippen molar-refractivity contribution in [2.75, 3.05) is 7.11 Å². The van der Waals surface area contributed by atoms with Gasteiger partial charge in [-0.3, -0.25) is 4.79 Å². The zero-order chi connectivity index (χ0) is 11.3. The number of esters is 1. The summed E-state index contributed by atoms with van der Waals surface area (Å²) in [6.45, 7) is 2.02. The van der Waals surface area contributed by atoms with Crippen molar-refractivity contribution in [3.8, 4) is 0 Å². The molecule has 0 heterocycles. The van der Waals surface area contributed by atoms with E-state index in [1.807, 2.05) is 6.92 Å². The van der Waals surface area contributed by atoms with Crippen molar-refractivity contribution in [1.82, 2.24) is 0 Å². The molecule has 0 aromatic heterocycles. The molecule has 1 atom stereocenters. The molecule has 0 spiro atoms. The largest absolute Gasteiger partial charge is 0.469 e. The Labute approximate surface area is 92.4 Å². The van der Waals surface area contributed by atoms with E-state index < -0.39 is 0 Å². The number of methoxy groups -OCH3 is 1. The summed E-state index contributed by atoms with van der Waals surface area (Å²) in [4.78, 5) is 11.4. The Kier molecular flexibility index (Phi) is 4.58. The van der Waals surface area contributed by atoms with Crippen LogP contribution in [0.25, 0.3) is 0 Å². The van der Waals surface area contributed by atoms with Crippen LogP contribution in [0, 0.1) is 5.41 Å². The summed E-state index contributed by atoms with van der Waals surface area (Å²) < 4.78 is 4.77. The van der Waals surface area contributed by atoms with Crippen molar-refractivity contribution in [3.05, 3.63) is 0 Å². The van der Waals surface area contributed by atoms with E-state index in [9.17, 15) is 4.79 Å². The first kappa shape index (κ1) is 12.5. The van der Waals surface area contributed by atoms with Gasteiger partial charge in [-0.1, -0.05) is 25.7 Å². The van der Waals surface area contributed by atoms with Crippen molar-refractivity contribution in [1.29, 1.82) is 0 Å². The highest BCUT2D eigenvalue weighted by atomic mass is 16.5. The van der Waals surface area contributed by atoms with Crippen molar-refractivity contribution in [2.24, 2.45) is 11.1 Å². The van der Waals surface area contributed by atoms with E-state index in [2.05, 4.69) is 0 Å². The van der Waals surface area contributed by atoms with Gasteiger partial charge in [-0.2, -0.15) is 0 Å². The van der Waals surface area contributed by atoms with Crippen LogP contribution in [0.2, 0.25) is 0 Å². The molecular formula is C12H23NO2. The Morgan fingerprint density at radius 1 is 1.33 bits per heavy atom. The number of hydrogen-bond donors (Lipinski definition) is 1. The Morgan fingerprint density at radius 3 is 2.27 bits per heavy atom. The Hall–Kier alpha value is -0.570. The molecule has 0 aromatic rings. The van der Waals surface area contributed by atoms with E-state index >= 15 is 0 Å². The van der Waals surface area contributed by atoms with Gasteiger partial charge >= 0.3 is 5.97 Å². The molecule has 1 unspecified atom stereocenters. The zero-order valence-electron chi connectivity index (χ0n) is 9.92. The smallest absolute Gasteiger partial charge is 0.306 e. The van der Waals surface area contributed by atoms with Crippen LogP contribution in [0.4, 0.5) is 0 Å².